The topological polar surface area (TPSA) is 55.8 Å². The van der Waals surface area contributed by atoms with Gasteiger partial charge in [-0.05, 0) is 112 Å². The van der Waals surface area contributed by atoms with E-state index in [1.165, 1.54) is 12.8 Å². The Bertz CT molecular complexity index is 760. The van der Waals surface area contributed by atoms with Gasteiger partial charge in [0.25, 0.3) is 0 Å². The fraction of sp³-hybridized carbons (Fsp3) is 0.966. The first-order chi connectivity index (χ1) is 15.8. The van der Waals surface area contributed by atoms with Crippen LogP contribution < -0.4 is 0 Å². The van der Waals surface area contributed by atoms with Crippen LogP contribution >= 0.6 is 0 Å². The number of rotatable bonds is 6. The Hall–Kier alpha value is -0.233. The van der Waals surface area contributed by atoms with E-state index in [1.807, 2.05) is 6.92 Å². The van der Waals surface area contributed by atoms with Gasteiger partial charge in [0.2, 0.25) is 0 Å². The van der Waals surface area contributed by atoms with E-state index >= 15 is 0 Å². The van der Waals surface area contributed by atoms with E-state index in [0.29, 0.717) is 42.7 Å². The molecule has 34 heavy (non-hydrogen) atoms. The van der Waals surface area contributed by atoms with Gasteiger partial charge in [-0.15, -0.1) is 0 Å². The summed E-state index contributed by atoms with van der Waals surface area (Å²) in [5, 5.41) is 11.7. The van der Waals surface area contributed by atoms with Gasteiger partial charge in [0.05, 0.1) is 12.2 Å². The number of aliphatic hydroxyl groups is 1. The van der Waals surface area contributed by atoms with Gasteiger partial charge in [0.1, 0.15) is 5.78 Å². The molecule has 5 heteroatoms. The van der Waals surface area contributed by atoms with Gasteiger partial charge in [0.15, 0.2) is 8.32 Å². The van der Waals surface area contributed by atoms with Crippen LogP contribution in [0.5, 0.6) is 0 Å². The first kappa shape index (κ1) is 26.8. The first-order valence-electron chi connectivity index (χ1n) is 14.3. The highest BCUT2D eigenvalue weighted by atomic mass is 28.4. The van der Waals surface area contributed by atoms with Crippen LogP contribution in [0.1, 0.15) is 98.8 Å². The quantitative estimate of drug-likeness (QED) is 0.416. The largest absolute Gasteiger partial charge is 0.416 e. The van der Waals surface area contributed by atoms with Crippen LogP contribution in [0.15, 0.2) is 0 Å². The second kappa shape index (κ2) is 9.26. The maximum atomic E-state index is 13.1. The molecule has 0 aromatic rings. The Morgan fingerprint density at radius 1 is 1.03 bits per heavy atom. The molecule has 0 spiro atoms. The van der Waals surface area contributed by atoms with Crippen molar-refractivity contribution in [2.24, 2.45) is 34.5 Å². The van der Waals surface area contributed by atoms with Gasteiger partial charge < -0.3 is 14.3 Å². The molecule has 4 saturated carbocycles. The molecule has 0 aliphatic heterocycles. The van der Waals surface area contributed by atoms with Crippen molar-refractivity contribution in [1.82, 2.24) is 0 Å². The van der Waals surface area contributed by atoms with Crippen molar-refractivity contribution in [1.29, 1.82) is 0 Å². The van der Waals surface area contributed by atoms with Gasteiger partial charge in [-0.25, -0.2) is 0 Å². The van der Waals surface area contributed by atoms with E-state index in [4.69, 9.17) is 9.16 Å². The predicted molar refractivity (Wildman–Crippen MR) is 140 cm³/mol. The average molecular weight is 493 g/mol. The molecular weight excluding hydrogens is 440 g/mol. The van der Waals surface area contributed by atoms with Crippen molar-refractivity contribution in [2.45, 2.75) is 123 Å². The normalized spacial score (nSPS) is 43.1. The minimum atomic E-state index is -1.89. The van der Waals surface area contributed by atoms with Crippen molar-refractivity contribution < 1.29 is 19.1 Å². The fourth-order valence-electron chi connectivity index (χ4n) is 8.33. The molecule has 4 rings (SSSR count). The lowest BCUT2D eigenvalue weighted by atomic mass is 9.42. The summed E-state index contributed by atoms with van der Waals surface area (Å²) in [6, 6.07) is 0. The molecule has 0 radical (unpaired) electrons. The lowest BCUT2D eigenvalue weighted by Crippen LogP contribution is -2.61. The molecule has 0 aromatic carbocycles. The average Bonchev–Trinajstić information content (AvgIpc) is 2.76. The number of fused-ring (bicyclic) bond motifs is 5. The Morgan fingerprint density at radius 2 is 1.76 bits per heavy atom. The number of carbonyl (C=O) groups excluding carboxylic acids is 1. The van der Waals surface area contributed by atoms with Gasteiger partial charge in [-0.3, -0.25) is 4.79 Å². The van der Waals surface area contributed by atoms with Crippen LogP contribution in [-0.2, 0) is 14.0 Å². The Balaban J connectivity index is 1.64. The molecule has 0 amide bonds. The zero-order valence-corrected chi connectivity index (χ0v) is 24.2. The monoisotopic (exact) mass is 492 g/mol. The molecule has 4 nitrogen and oxygen atoms in total. The first-order valence-corrected chi connectivity index (χ1v) is 17.2. The number of Topliss-reactive ketones (excluding diaryl/α,β-unsaturated/α-hetero) is 1. The van der Waals surface area contributed by atoms with Gasteiger partial charge in [-0.2, -0.15) is 0 Å². The van der Waals surface area contributed by atoms with Gasteiger partial charge >= 0.3 is 0 Å². The summed E-state index contributed by atoms with van der Waals surface area (Å²) in [7, 11) is -1.89. The van der Waals surface area contributed by atoms with E-state index in [0.717, 1.165) is 58.0 Å². The molecular formula is C29H52O4Si. The molecule has 4 aliphatic rings. The van der Waals surface area contributed by atoms with Crippen molar-refractivity contribution in [3.05, 3.63) is 0 Å². The zero-order chi connectivity index (χ0) is 25.0. The molecule has 0 heterocycles. The Kier molecular flexibility index (Phi) is 7.30. The highest BCUT2D eigenvalue weighted by Gasteiger charge is 2.62. The minimum Gasteiger partial charge on any atom is -0.416 e. The van der Waals surface area contributed by atoms with E-state index in [-0.39, 0.29) is 15.9 Å². The minimum absolute atomic E-state index is 0.0991. The third-order valence-electron chi connectivity index (χ3n) is 11.5. The molecule has 0 unspecified atom stereocenters. The van der Waals surface area contributed by atoms with Crippen LogP contribution in [0.2, 0.25) is 18.1 Å². The van der Waals surface area contributed by atoms with Crippen molar-refractivity contribution in [3.63, 3.8) is 0 Å². The molecule has 7 atom stereocenters. The summed E-state index contributed by atoms with van der Waals surface area (Å²) in [5.74, 6) is 2.83. The summed E-state index contributed by atoms with van der Waals surface area (Å²) in [6.45, 7) is 18.0. The van der Waals surface area contributed by atoms with E-state index < -0.39 is 13.9 Å². The fourth-order valence-corrected chi connectivity index (χ4v) is 9.39. The molecule has 1 N–H and O–H groups in total. The third kappa shape index (κ3) is 4.50. The number of carbonyl (C=O) groups is 1. The summed E-state index contributed by atoms with van der Waals surface area (Å²) < 4.78 is 12.8. The van der Waals surface area contributed by atoms with Crippen LogP contribution in [0, 0.1) is 34.5 Å². The van der Waals surface area contributed by atoms with Gasteiger partial charge in [0, 0.05) is 25.0 Å². The van der Waals surface area contributed by atoms with Crippen molar-refractivity contribution in [2.75, 3.05) is 19.8 Å². The molecule has 196 valence electrons. The van der Waals surface area contributed by atoms with Crippen LogP contribution in [0.4, 0.5) is 0 Å². The summed E-state index contributed by atoms with van der Waals surface area (Å²) in [6.07, 6.45) is 10.4. The molecule has 4 aliphatic carbocycles. The van der Waals surface area contributed by atoms with E-state index in [9.17, 15) is 9.90 Å². The standard InChI is InChI=1S/C29H52O4Si/c1-8-32-19-28(31)16-17-29(20-33-34(6,7)26(2,3)4)21(18-28)12-13-22-23-10-9-11-25(30)27(23,5)15-14-24(22)29/h21-24,31H,8-20H2,1-7H3/t21-,22+,23+,24+,27+,28-,29-/m1/s1. The number of ketones is 1. The maximum absolute atomic E-state index is 13.1. The molecule has 4 fully saturated rings. The van der Waals surface area contributed by atoms with Crippen LogP contribution in [-0.4, -0.2) is 44.6 Å². The zero-order valence-electron chi connectivity index (χ0n) is 23.2. The number of hydrogen-bond donors (Lipinski definition) is 1. The third-order valence-corrected chi connectivity index (χ3v) is 16.0. The van der Waals surface area contributed by atoms with Crippen molar-refractivity contribution in [3.8, 4) is 0 Å². The number of hydrogen-bond acceptors (Lipinski definition) is 4. The molecule has 0 saturated heterocycles. The lowest BCUT2D eigenvalue weighted by Gasteiger charge is -2.64. The van der Waals surface area contributed by atoms with E-state index in [2.05, 4.69) is 40.8 Å². The van der Waals surface area contributed by atoms with E-state index in [1.54, 1.807) is 0 Å². The van der Waals surface area contributed by atoms with Crippen LogP contribution in [0.3, 0.4) is 0 Å². The number of ether oxygens (including phenoxy) is 1. The summed E-state index contributed by atoms with van der Waals surface area (Å²) in [4.78, 5) is 13.1. The second-order valence-electron chi connectivity index (χ2n) is 14.3. The Labute approximate surface area is 210 Å². The predicted octanol–water partition coefficient (Wildman–Crippen LogP) is 6.76. The second-order valence-corrected chi connectivity index (χ2v) is 19.1. The van der Waals surface area contributed by atoms with Crippen molar-refractivity contribution >= 4 is 14.1 Å². The highest BCUT2D eigenvalue weighted by Crippen LogP contribution is 2.66. The molecule has 0 bridgehead atoms. The van der Waals surface area contributed by atoms with Crippen LogP contribution in [0.25, 0.3) is 0 Å². The summed E-state index contributed by atoms with van der Waals surface area (Å²) in [5.41, 5.74) is -0.658. The lowest BCUT2D eigenvalue weighted by molar-refractivity contribution is -0.188. The smallest absolute Gasteiger partial charge is 0.192 e. The maximum Gasteiger partial charge on any atom is 0.192 e. The van der Waals surface area contributed by atoms with Gasteiger partial charge in [-0.1, -0.05) is 27.7 Å². The highest BCUT2D eigenvalue weighted by molar-refractivity contribution is 6.74. The summed E-state index contributed by atoms with van der Waals surface area (Å²) >= 11 is 0. The Morgan fingerprint density at radius 3 is 2.44 bits per heavy atom. The molecule has 0 aromatic heterocycles. The SMILES string of the molecule is CCOC[C@@]1(O)CC[C@@]2(CO[Si](C)(C)C(C)(C)C)[C@H](CC[C@@H]3[C@@H]2CC[C@]2(C)C(=O)CCC[C@@H]32)C1.